The Morgan fingerprint density at radius 2 is 1.86 bits per heavy atom. The van der Waals surface area contributed by atoms with Crippen LogP contribution in [0.5, 0.6) is 0 Å². The second-order valence-electron chi connectivity index (χ2n) is 6.17. The van der Waals surface area contributed by atoms with Crippen LogP contribution in [-0.2, 0) is 0 Å². The molecule has 4 nitrogen and oxygen atoms in total. The van der Waals surface area contributed by atoms with Gasteiger partial charge in [0.25, 0.3) is 0 Å². The summed E-state index contributed by atoms with van der Waals surface area (Å²) in [4.78, 5) is 8.96. The fourth-order valence-corrected chi connectivity index (χ4v) is 2.89. The van der Waals surface area contributed by atoms with Crippen molar-refractivity contribution in [3.8, 4) is 0 Å². The first-order valence-corrected chi connectivity index (χ1v) is 7.59. The van der Waals surface area contributed by atoms with E-state index >= 15 is 0 Å². The second-order valence-corrected chi connectivity index (χ2v) is 6.17. The Morgan fingerprint density at radius 3 is 2.62 bits per heavy atom. The van der Waals surface area contributed by atoms with Gasteiger partial charge in [0.15, 0.2) is 0 Å². The Bertz CT molecular complexity index is 773. The maximum Gasteiger partial charge on any atom is 0.201 e. The van der Waals surface area contributed by atoms with Gasteiger partial charge in [0.05, 0.1) is 17.2 Å². The van der Waals surface area contributed by atoms with E-state index in [4.69, 9.17) is 5.73 Å². The third-order valence-electron chi connectivity index (χ3n) is 4.05. The van der Waals surface area contributed by atoms with Crippen molar-refractivity contribution in [2.75, 3.05) is 5.73 Å². The van der Waals surface area contributed by atoms with Crippen molar-refractivity contribution in [3.63, 3.8) is 0 Å². The van der Waals surface area contributed by atoms with Gasteiger partial charge in [-0.1, -0.05) is 32.0 Å². The van der Waals surface area contributed by atoms with Gasteiger partial charge >= 0.3 is 0 Å². The van der Waals surface area contributed by atoms with E-state index in [1.165, 1.54) is 6.42 Å². The predicted octanol–water partition coefficient (Wildman–Crippen LogP) is 4.16. The highest BCUT2D eigenvalue weighted by molar-refractivity contribution is 6.03. The lowest BCUT2D eigenvalue weighted by Crippen LogP contribution is -2.10. The SMILES string of the molecule is CC(C)CCC(C)n1c(N)nc2cnc3ccccc3c21. The number of fused-ring (bicyclic) bond motifs is 3. The minimum atomic E-state index is 0.336. The van der Waals surface area contributed by atoms with E-state index in [-0.39, 0.29) is 0 Å². The molecular weight excluding hydrogens is 260 g/mol. The molecule has 0 spiro atoms. The largest absolute Gasteiger partial charge is 0.369 e. The van der Waals surface area contributed by atoms with Crippen LogP contribution in [0, 0.1) is 5.92 Å². The number of hydrogen-bond donors (Lipinski definition) is 1. The van der Waals surface area contributed by atoms with Crippen LogP contribution in [0.2, 0.25) is 0 Å². The minimum Gasteiger partial charge on any atom is -0.369 e. The molecule has 4 heteroatoms. The smallest absolute Gasteiger partial charge is 0.201 e. The van der Waals surface area contributed by atoms with Crippen LogP contribution in [0.4, 0.5) is 5.95 Å². The lowest BCUT2D eigenvalue weighted by molar-refractivity contribution is 0.450. The van der Waals surface area contributed by atoms with Crippen molar-refractivity contribution in [2.45, 2.75) is 39.7 Å². The van der Waals surface area contributed by atoms with Gasteiger partial charge in [-0.15, -0.1) is 0 Å². The average molecular weight is 282 g/mol. The van der Waals surface area contributed by atoms with E-state index < -0.39 is 0 Å². The summed E-state index contributed by atoms with van der Waals surface area (Å²) in [7, 11) is 0. The van der Waals surface area contributed by atoms with E-state index in [2.05, 4.69) is 41.4 Å². The fourth-order valence-electron chi connectivity index (χ4n) is 2.89. The van der Waals surface area contributed by atoms with Gasteiger partial charge in [-0.3, -0.25) is 4.98 Å². The molecular formula is C17H22N4. The molecule has 2 N–H and O–H groups in total. The van der Waals surface area contributed by atoms with Crippen LogP contribution in [-0.4, -0.2) is 14.5 Å². The van der Waals surface area contributed by atoms with Crippen molar-refractivity contribution in [3.05, 3.63) is 30.5 Å². The quantitative estimate of drug-likeness (QED) is 0.781. The number of aromatic nitrogens is 3. The molecule has 0 aliphatic rings. The number of para-hydroxylation sites is 1. The number of hydrogen-bond acceptors (Lipinski definition) is 3. The molecule has 2 aromatic heterocycles. The molecule has 1 aromatic carbocycles. The predicted molar refractivity (Wildman–Crippen MR) is 88.2 cm³/mol. The molecule has 0 aliphatic heterocycles. The standard InChI is InChI=1S/C17H22N4/c1-11(2)8-9-12(3)21-16-13-6-4-5-7-14(13)19-10-15(16)20-17(21)18/h4-7,10-12H,8-9H2,1-3H3,(H2,18,20). The highest BCUT2D eigenvalue weighted by atomic mass is 15.2. The van der Waals surface area contributed by atoms with Gasteiger partial charge in [0.1, 0.15) is 5.52 Å². The maximum absolute atomic E-state index is 6.18. The molecule has 2 heterocycles. The van der Waals surface area contributed by atoms with E-state index in [0.717, 1.165) is 28.4 Å². The molecule has 0 fully saturated rings. The molecule has 0 amide bonds. The monoisotopic (exact) mass is 282 g/mol. The summed E-state index contributed by atoms with van der Waals surface area (Å²) in [6.07, 6.45) is 4.10. The fraction of sp³-hybridized carbons (Fsp3) is 0.412. The number of rotatable bonds is 4. The molecule has 0 radical (unpaired) electrons. The molecule has 0 aliphatic carbocycles. The molecule has 1 atom stereocenters. The number of imidazole rings is 1. The van der Waals surface area contributed by atoms with Crippen molar-refractivity contribution >= 4 is 27.9 Å². The summed E-state index contributed by atoms with van der Waals surface area (Å²) in [6.45, 7) is 6.72. The average Bonchev–Trinajstić information content (AvgIpc) is 2.81. The van der Waals surface area contributed by atoms with Crippen LogP contribution >= 0.6 is 0 Å². The van der Waals surface area contributed by atoms with E-state index in [9.17, 15) is 0 Å². The zero-order chi connectivity index (χ0) is 15.0. The number of anilines is 1. The zero-order valence-electron chi connectivity index (χ0n) is 12.9. The van der Waals surface area contributed by atoms with Gasteiger partial charge in [-0.05, 0) is 31.7 Å². The highest BCUT2D eigenvalue weighted by Gasteiger charge is 2.16. The van der Waals surface area contributed by atoms with E-state index in [0.29, 0.717) is 17.9 Å². The van der Waals surface area contributed by atoms with Crippen LogP contribution in [0.1, 0.15) is 39.7 Å². The number of benzene rings is 1. The Labute approximate surface area is 125 Å². The third kappa shape index (κ3) is 2.46. The number of nitrogens with two attached hydrogens (primary N) is 1. The van der Waals surface area contributed by atoms with Gasteiger partial charge in [0, 0.05) is 11.4 Å². The van der Waals surface area contributed by atoms with E-state index in [1.54, 1.807) is 0 Å². The molecule has 0 saturated carbocycles. The molecule has 1 unspecified atom stereocenters. The molecule has 110 valence electrons. The normalized spacial score (nSPS) is 13.3. The highest BCUT2D eigenvalue weighted by Crippen LogP contribution is 2.30. The molecule has 21 heavy (non-hydrogen) atoms. The summed E-state index contributed by atoms with van der Waals surface area (Å²) in [5, 5.41) is 1.12. The van der Waals surface area contributed by atoms with Crippen LogP contribution in [0.25, 0.3) is 21.9 Å². The Hall–Kier alpha value is -2.10. The zero-order valence-corrected chi connectivity index (χ0v) is 12.9. The van der Waals surface area contributed by atoms with Crippen molar-refractivity contribution in [1.29, 1.82) is 0 Å². The molecule has 3 aromatic rings. The first-order chi connectivity index (χ1) is 10.1. The van der Waals surface area contributed by atoms with Gasteiger partial charge in [-0.25, -0.2) is 4.98 Å². The Morgan fingerprint density at radius 1 is 1.10 bits per heavy atom. The first-order valence-electron chi connectivity index (χ1n) is 7.59. The molecule has 0 saturated heterocycles. The van der Waals surface area contributed by atoms with Crippen molar-refractivity contribution < 1.29 is 0 Å². The Balaban J connectivity index is 2.16. The second kappa shape index (κ2) is 5.35. The number of nitrogens with zero attached hydrogens (tertiary/aromatic N) is 3. The number of pyridine rings is 1. The van der Waals surface area contributed by atoms with Gasteiger partial charge < -0.3 is 10.3 Å². The van der Waals surface area contributed by atoms with Crippen LogP contribution < -0.4 is 5.73 Å². The van der Waals surface area contributed by atoms with Crippen molar-refractivity contribution in [1.82, 2.24) is 14.5 Å². The molecule has 0 bridgehead atoms. The number of nitrogen functional groups attached to an aromatic ring is 1. The van der Waals surface area contributed by atoms with Crippen LogP contribution in [0.15, 0.2) is 30.5 Å². The van der Waals surface area contributed by atoms with Crippen LogP contribution in [0.3, 0.4) is 0 Å². The minimum absolute atomic E-state index is 0.336. The lowest BCUT2D eigenvalue weighted by Gasteiger charge is -2.17. The molecule has 3 rings (SSSR count). The van der Waals surface area contributed by atoms with Gasteiger partial charge in [0.2, 0.25) is 5.95 Å². The summed E-state index contributed by atoms with van der Waals surface area (Å²) >= 11 is 0. The summed E-state index contributed by atoms with van der Waals surface area (Å²) in [5.41, 5.74) is 9.15. The summed E-state index contributed by atoms with van der Waals surface area (Å²) in [5.74, 6) is 1.28. The Kier molecular flexibility index (Phi) is 3.53. The van der Waals surface area contributed by atoms with E-state index in [1.807, 2.05) is 24.4 Å². The van der Waals surface area contributed by atoms with Gasteiger partial charge in [-0.2, -0.15) is 0 Å². The maximum atomic E-state index is 6.18. The topological polar surface area (TPSA) is 56.7 Å². The lowest BCUT2D eigenvalue weighted by atomic mass is 10.0. The summed E-state index contributed by atoms with van der Waals surface area (Å²) in [6, 6.07) is 8.50. The summed E-state index contributed by atoms with van der Waals surface area (Å²) < 4.78 is 2.17. The van der Waals surface area contributed by atoms with Crippen molar-refractivity contribution in [2.24, 2.45) is 5.92 Å². The first kappa shape index (κ1) is 13.9. The third-order valence-corrected chi connectivity index (χ3v) is 4.05.